The first kappa shape index (κ1) is 8.71. The van der Waals surface area contributed by atoms with Gasteiger partial charge in [0.15, 0.2) is 0 Å². The average Bonchev–Trinajstić information content (AvgIpc) is 2.08. The van der Waals surface area contributed by atoms with Gasteiger partial charge in [-0.05, 0) is 6.07 Å². The molecule has 0 bridgehead atoms. The molecule has 5 heteroatoms. The second-order valence-electron chi connectivity index (χ2n) is 2.08. The minimum absolute atomic E-state index is 0.0456. The zero-order valence-electron chi connectivity index (χ0n) is 6.37. The van der Waals surface area contributed by atoms with Crippen molar-refractivity contribution in [1.29, 1.82) is 0 Å². The SMILES string of the molecule is [B]c1ncc(C(=O)OC)cc1F. The van der Waals surface area contributed by atoms with Crippen molar-refractivity contribution in [3.8, 4) is 0 Å². The maximum absolute atomic E-state index is 12.7. The molecule has 1 heterocycles. The normalized spacial score (nSPS) is 9.50. The number of rotatable bonds is 1. The van der Waals surface area contributed by atoms with E-state index in [2.05, 4.69) is 9.72 Å². The van der Waals surface area contributed by atoms with Crippen molar-refractivity contribution in [2.24, 2.45) is 0 Å². The lowest BCUT2D eigenvalue weighted by atomic mass is 10.0. The Morgan fingerprint density at radius 1 is 1.75 bits per heavy atom. The predicted molar refractivity (Wildman–Crippen MR) is 40.9 cm³/mol. The number of nitrogens with zero attached hydrogens (tertiary/aromatic N) is 1. The number of esters is 1. The molecule has 0 aliphatic carbocycles. The van der Waals surface area contributed by atoms with Crippen molar-refractivity contribution in [2.75, 3.05) is 7.11 Å². The molecule has 0 N–H and O–H groups in total. The standard InChI is InChI=1S/C7H5BFNO2/c1-12-7(11)4-2-5(9)6(8)10-3-4/h2-3H,1H3. The van der Waals surface area contributed by atoms with Crippen molar-refractivity contribution in [1.82, 2.24) is 4.98 Å². The van der Waals surface area contributed by atoms with E-state index < -0.39 is 11.8 Å². The van der Waals surface area contributed by atoms with Crippen molar-refractivity contribution >= 4 is 19.4 Å². The Morgan fingerprint density at radius 2 is 2.42 bits per heavy atom. The average molecular weight is 165 g/mol. The summed E-state index contributed by atoms with van der Waals surface area (Å²) < 4.78 is 17.0. The molecule has 0 spiro atoms. The number of carbonyl (C=O) groups excluding carboxylic acids is 1. The zero-order chi connectivity index (χ0) is 9.14. The molecule has 0 aromatic carbocycles. The molecule has 0 atom stereocenters. The highest BCUT2D eigenvalue weighted by Crippen LogP contribution is 1.99. The molecule has 0 aliphatic rings. The van der Waals surface area contributed by atoms with Crippen LogP contribution in [-0.2, 0) is 4.74 Å². The molecule has 2 radical (unpaired) electrons. The summed E-state index contributed by atoms with van der Waals surface area (Å²) >= 11 is 0. The van der Waals surface area contributed by atoms with Gasteiger partial charge in [0.05, 0.1) is 12.7 Å². The van der Waals surface area contributed by atoms with Gasteiger partial charge in [0.1, 0.15) is 13.7 Å². The third kappa shape index (κ3) is 1.61. The first-order valence-corrected chi connectivity index (χ1v) is 3.14. The summed E-state index contributed by atoms with van der Waals surface area (Å²) in [4.78, 5) is 14.3. The molecule has 0 saturated heterocycles. The van der Waals surface area contributed by atoms with E-state index in [0.717, 1.165) is 12.3 Å². The number of hydrogen-bond acceptors (Lipinski definition) is 3. The summed E-state index contributed by atoms with van der Waals surface area (Å²) in [6.45, 7) is 0. The molecule has 1 aromatic heterocycles. The van der Waals surface area contributed by atoms with Crippen molar-refractivity contribution in [2.45, 2.75) is 0 Å². The third-order valence-corrected chi connectivity index (χ3v) is 1.29. The van der Waals surface area contributed by atoms with Crippen LogP contribution in [0, 0.1) is 5.82 Å². The molecule has 1 aromatic rings. The number of pyridine rings is 1. The highest BCUT2D eigenvalue weighted by molar-refractivity contribution is 6.30. The van der Waals surface area contributed by atoms with Crippen LogP contribution in [0.3, 0.4) is 0 Å². The van der Waals surface area contributed by atoms with Crippen LogP contribution in [0.1, 0.15) is 10.4 Å². The maximum atomic E-state index is 12.7. The van der Waals surface area contributed by atoms with E-state index in [9.17, 15) is 9.18 Å². The third-order valence-electron chi connectivity index (χ3n) is 1.29. The lowest BCUT2D eigenvalue weighted by Crippen LogP contribution is -2.15. The molecule has 0 amide bonds. The monoisotopic (exact) mass is 165 g/mol. The zero-order valence-corrected chi connectivity index (χ0v) is 6.37. The van der Waals surface area contributed by atoms with Crippen LogP contribution in [0.25, 0.3) is 0 Å². The number of methoxy groups -OCH3 is 1. The number of aromatic nitrogens is 1. The van der Waals surface area contributed by atoms with Gasteiger partial charge in [-0.25, -0.2) is 9.18 Å². The Balaban J connectivity index is 3.05. The Labute approximate surface area is 70.0 Å². The minimum atomic E-state index is -0.724. The summed E-state index contributed by atoms with van der Waals surface area (Å²) in [6, 6.07) is 0.980. The number of halogens is 1. The fraction of sp³-hybridized carbons (Fsp3) is 0.143. The van der Waals surface area contributed by atoms with Crippen molar-refractivity contribution in [3.63, 3.8) is 0 Å². The van der Waals surface area contributed by atoms with Crippen molar-refractivity contribution < 1.29 is 13.9 Å². The second-order valence-corrected chi connectivity index (χ2v) is 2.08. The molecule has 1 rings (SSSR count). The van der Waals surface area contributed by atoms with E-state index in [0.29, 0.717) is 0 Å². The largest absolute Gasteiger partial charge is 0.465 e. The summed E-state index contributed by atoms with van der Waals surface area (Å²) in [5.41, 5.74) is -0.188. The Hall–Kier alpha value is -1.39. The van der Waals surface area contributed by atoms with Crippen LogP contribution in [0.15, 0.2) is 12.3 Å². The van der Waals surface area contributed by atoms with E-state index in [1.54, 1.807) is 0 Å². The van der Waals surface area contributed by atoms with E-state index in [1.165, 1.54) is 7.11 Å². The first-order valence-electron chi connectivity index (χ1n) is 3.14. The van der Waals surface area contributed by atoms with Crippen LogP contribution in [0.2, 0.25) is 0 Å². The smallest absolute Gasteiger partial charge is 0.339 e. The highest BCUT2D eigenvalue weighted by Gasteiger charge is 2.07. The fourth-order valence-electron chi connectivity index (χ4n) is 0.678. The van der Waals surface area contributed by atoms with Crippen LogP contribution >= 0.6 is 0 Å². The van der Waals surface area contributed by atoms with Gasteiger partial charge in [-0.2, -0.15) is 0 Å². The Morgan fingerprint density at radius 3 is 2.92 bits per heavy atom. The molecule has 12 heavy (non-hydrogen) atoms. The van der Waals surface area contributed by atoms with Gasteiger partial charge in [-0.15, -0.1) is 0 Å². The molecule has 0 saturated carbocycles. The molecule has 60 valence electrons. The molecule has 0 unspecified atom stereocenters. The fourth-order valence-corrected chi connectivity index (χ4v) is 0.678. The van der Waals surface area contributed by atoms with Crippen LogP contribution in [-0.4, -0.2) is 25.9 Å². The lowest BCUT2D eigenvalue weighted by Gasteiger charge is -1.99. The summed E-state index contributed by atoms with van der Waals surface area (Å²) in [5, 5.41) is 0. The van der Waals surface area contributed by atoms with Gasteiger partial charge < -0.3 is 4.74 Å². The molecular weight excluding hydrogens is 160 g/mol. The molecule has 0 fully saturated rings. The quantitative estimate of drug-likeness (QED) is 0.427. The Kier molecular flexibility index (Phi) is 2.42. The van der Waals surface area contributed by atoms with Gasteiger partial charge in [0.2, 0.25) is 0 Å². The van der Waals surface area contributed by atoms with Gasteiger partial charge in [-0.3, -0.25) is 4.98 Å². The van der Waals surface area contributed by atoms with Crippen LogP contribution < -0.4 is 5.59 Å². The van der Waals surface area contributed by atoms with Gasteiger partial charge in [-0.1, -0.05) is 0 Å². The van der Waals surface area contributed by atoms with Gasteiger partial charge in [0.25, 0.3) is 0 Å². The van der Waals surface area contributed by atoms with Crippen LogP contribution in [0.5, 0.6) is 0 Å². The van der Waals surface area contributed by atoms with E-state index in [4.69, 9.17) is 7.85 Å². The van der Waals surface area contributed by atoms with Crippen LogP contribution in [0.4, 0.5) is 4.39 Å². The molecular formula is C7H5BFNO2. The maximum Gasteiger partial charge on any atom is 0.339 e. The number of ether oxygens (including phenoxy) is 1. The van der Waals surface area contributed by atoms with Gasteiger partial charge in [0, 0.05) is 11.8 Å². The topological polar surface area (TPSA) is 39.2 Å². The predicted octanol–water partition coefficient (Wildman–Crippen LogP) is -0.199. The Bertz CT molecular complexity index is 316. The summed E-state index contributed by atoms with van der Waals surface area (Å²) in [5.74, 6) is -1.36. The van der Waals surface area contributed by atoms with E-state index in [-0.39, 0.29) is 11.2 Å². The summed E-state index contributed by atoms with van der Waals surface area (Å²) in [6.07, 6.45) is 1.16. The molecule has 3 nitrogen and oxygen atoms in total. The number of carbonyl (C=O) groups is 1. The van der Waals surface area contributed by atoms with Gasteiger partial charge >= 0.3 is 5.97 Å². The van der Waals surface area contributed by atoms with Crippen molar-refractivity contribution in [3.05, 3.63) is 23.6 Å². The van der Waals surface area contributed by atoms with E-state index >= 15 is 0 Å². The number of hydrogen-bond donors (Lipinski definition) is 0. The lowest BCUT2D eigenvalue weighted by molar-refractivity contribution is 0.0600. The minimum Gasteiger partial charge on any atom is -0.465 e. The highest BCUT2D eigenvalue weighted by atomic mass is 19.1. The molecule has 0 aliphatic heterocycles. The summed E-state index contributed by atoms with van der Waals surface area (Å²) in [7, 11) is 6.30. The second kappa shape index (κ2) is 3.34. The van der Waals surface area contributed by atoms with E-state index in [1.807, 2.05) is 0 Å². The first-order chi connectivity index (χ1) is 5.65.